The number of hydrogen-bond donors (Lipinski definition) is 1. The molecule has 0 fully saturated rings. The number of anilines is 1. The van der Waals surface area contributed by atoms with E-state index < -0.39 is 0 Å². The lowest BCUT2D eigenvalue weighted by Crippen LogP contribution is -2.13. The van der Waals surface area contributed by atoms with Gasteiger partial charge in [-0.3, -0.25) is 4.79 Å². The summed E-state index contributed by atoms with van der Waals surface area (Å²) in [5, 5.41) is 3.37. The van der Waals surface area contributed by atoms with Gasteiger partial charge in [-0.2, -0.15) is 0 Å². The zero-order chi connectivity index (χ0) is 13.2. The van der Waals surface area contributed by atoms with E-state index in [9.17, 15) is 4.79 Å². The Hall–Kier alpha value is -2.07. The minimum Gasteiger partial charge on any atom is -0.382 e. The molecule has 0 amide bonds. The van der Waals surface area contributed by atoms with E-state index in [0.717, 1.165) is 30.0 Å². The maximum atomic E-state index is 11.4. The van der Waals surface area contributed by atoms with Crippen molar-refractivity contribution in [3.8, 4) is 11.1 Å². The number of rotatable bonds is 1. The number of ether oxygens (including phenoxy) is 1. The third-order valence-corrected chi connectivity index (χ3v) is 3.35. The Morgan fingerprint density at radius 3 is 2.89 bits per heavy atom. The molecule has 0 atom stereocenters. The number of nitrogens with zero attached hydrogens (tertiary/aromatic N) is 1. The molecule has 1 aromatic carbocycles. The van der Waals surface area contributed by atoms with Crippen molar-refractivity contribution >= 4 is 5.69 Å². The molecule has 0 spiro atoms. The van der Waals surface area contributed by atoms with Gasteiger partial charge in [0.05, 0.1) is 13.2 Å². The fourth-order valence-electron chi connectivity index (χ4n) is 2.25. The van der Waals surface area contributed by atoms with Gasteiger partial charge < -0.3 is 14.6 Å². The lowest BCUT2D eigenvalue weighted by Gasteiger charge is -2.10. The van der Waals surface area contributed by atoms with Gasteiger partial charge in [-0.1, -0.05) is 12.1 Å². The van der Waals surface area contributed by atoms with E-state index in [-0.39, 0.29) is 5.56 Å². The van der Waals surface area contributed by atoms with Crippen LogP contribution in [0.3, 0.4) is 0 Å². The van der Waals surface area contributed by atoms with Crippen molar-refractivity contribution in [1.29, 1.82) is 0 Å². The molecule has 1 N–H and O–H groups in total. The Labute approximate surface area is 111 Å². The number of aromatic nitrogens is 1. The molecular formula is C15H16N2O2. The highest BCUT2D eigenvalue weighted by Crippen LogP contribution is 2.26. The van der Waals surface area contributed by atoms with Crippen LogP contribution in [0.1, 0.15) is 5.56 Å². The molecule has 0 radical (unpaired) electrons. The van der Waals surface area contributed by atoms with Crippen molar-refractivity contribution in [3.63, 3.8) is 0 Å². The predicted molar refractivity (Wildman–Crippen MR) is 75.3 cm³/mol. The Morgan fingerprint density at radius 2 is 2.05 bits per heavy atom. The van der Waals surface area contributed by atoms with Crippen molar-refractivity contribution in [1.82, 2.24) is 4.57 Å². The quantitative estimate of drug-likeness (QED) is 0.848. The maximum Gasteiger partial charge on any atom is 0.250 e. The topological polar surface area (TPSA) is 43.3 Å². The Kier molecular flexibility index (Phi) is 3.09. The first kappa shape index (κ1) is 12.0. The van der Waals surface area contributed by atoms with Crippen LogP contribution in [0.2, 0.25) is 0 Å². The normalized spacial score (nSPS) is 14.4. The van der Waals surface area contributed by atoms with Crippen LogP contribution in [-0.2, 0) is 18.4 Å². The predicted octanol–water partition coefficient (Wildman–Crippen LogP) is 1.99. The van der Waals surface area contributed by atoms with E-state index in [1.54, 1.807) is 17.7 Å². The molecule has 1 aliphatic heterocycles. The first-order valence-corrected chi connectivity index (χ1v) is 6.35. The molecular weight excluding hydrogens is 240 g/mol. The lowest BCUT2D eigenvalue weighted by molar-refractivity contribution is 0.135. The average Bonchev–Trinajstić information content (AvgIpc) is 2.66. The standard InChI is InChI=1S/C15H16N2O2/c1-17-9-12(4-5-15(17)18)11-2-3-13-10-19-7-6-16-14(13)8-11/h2-5,8-9,16H,6-7,10H2,1H3. The molecule has 0 saturated carbocycles. The zero-order valence-electron chi connectivity index (χ0n) is 10.8. The molecule has 0 saturated heterocycles. The van der Waals surface area contributed by atoms with Crippen molar-refractivity contribution in [3.05, 3.63) is 52.4 Å². The third kappa shape index (κ3) is 2.39. The van der Waals surface area contributed by atoms with Gasteiger partial charge in [-0.05, 0) is 23.3 Å². The van der Waals surface area contributed by atoms with Gasteiger partial charge in [0.15, 0.2) is 0 Å². The fourth-order valence-corrected chi connectivity index (χ4v) is 2.25. The monoisotopic (exact) mass is 256 g/mol. The van der Waals surface area contributed by atoms with Crippen molar-refractivity contribution in [2.24, 2.45) is 7.05 Å². The van der Waals surface area contributed by atoms with Crippen LogP contribution in [0.4, 0.5) is 5.69 Å². The first-order chi connectivity index (χ1) is 9.24. The summed E-state index contributed by atoms with van der Waals surface area (Å²) >= 11 is 0. The molecule has 98 valence electrons. The van der Waals surface area contributed by atoms with Crippen LogP contribution >= 0.6 is 0 Å². The molecule has 19 heavy (non-hydrogen) atoms. The summed E-state index contributed by atoms with van der Waals surface area (Å²) < 4.78 is 7.09. The summed E-state index contributed by atoms with van der Waals surface area (Å²) in [4.78, 5) is 11.4. The Balaban J connectivity index is 2.03. The van der Waals surface area contributed by atoms with E-state index in [4.69, 9.17) is 4.74 Å². The summed E-state index contributed by atoms with van der Waals surface area (Å²) in [6, 6.07) is 9.71. The van der Waals surface area contributed by atoms with Crippen LogP contribution in [0.25, 0.3) is 11.1 Å². The smallest absolute Gasteiger partial charge is 0.250 e. The SMILES string of the molecule is Cn1cc(-c2ccc3c(c2)NCCOC3)ccc1=O. The van der Waals surface area contributed by atoms with E-state index in [1.165, 1.54) is 5.56 Å². The van der Waals surface area contributed by atoms with E-state index >= 15 is 0 Å². The third-order valence-electron chi connectivity index (χ3n) is 3.35. The minimum atomic E-state index is 0.00466. The molecule has 2 aromatic rings. The maximum absolute atomic E-state index is 11.4. The van der Waals surface area contributed by atoms with Crippen LogP contribution < -0.4 is 10.9 Å². The zero-order valence-corrected chi connectivity index (χ0v) is 10.8. The summed E-state index contributed by atoms with van der Waals surface area (Å²) in [5.41, 5.74) is 4.43. The second kappa shape index (κ2) is 4.90. The van der Waals surface area contributed by atoms with Gasteiger partial charge in [0.1, 0.15) is 0 Å². The molecule has 4 nitrogen and oxygen atoms in total. The highest BCUT2D eigenvalue weighted by Gasteiger charge is 2.09. The van der Waals surface area contributed by atoms with Crippen LogP contribution in [-0.4, -0.2) is 17.7 Å². The van der Waals surface area contributed by atoms with Gasteiger partial charge in [0.2, 0.25) is 5.56 Å². The van der Waals surface area contributed by atoms with Crippen molar-refractivity contribution in [2.45, 2.75) is 6.61 Å². The second-order valence-corrected chi connectivity index (χ2v) is 4.72. The van der Waals surface area contributed by atoms with Gasteiger partial charge in [-0.25, -0.2) is 0 Å². The molecule has 3 rings (SSSR count). The van der Waals surface area contributed by atoms with E-state index in [2.05, 4.69) is 23.5 Å². The highest BCUT2D eigenvalue weighted by atomic mass is 16.5. The van der Waals surface area contributed by atoms with E-state index in [0.29, 0.717) is 6.61 Å². The molecule has 2 heterocycles. The highest BCUT2D eigenvalue weighted by molar-refractivity contribution is 5.69. The summed E-state index contributed by atoms with van der Waals surface area (Å²) in [6.07, 6.45) is 1.86. The summed E-state index contributed by atoms with van der Waals surface area (Å²) in [6.45, 7) is 2.20. The Morgan fingerprint density at radius 1 is 1.21 bits per heavy atom. The number of aryl methyl sites for hydroxylation is 1. The van der Waals surface area contributed by atoms with Gasteiger partial charge in [0.25, 0.3) is 0 Å². The summed E-state index contributed by atoms with van der Waals surface area (Å²) in [7, 11) is 1.77. The van der Waals surface area contributed by atoms with Gasteiger partial charge in [-0.15, -0.1) is 0 Å². The number of nitrogens with one attached hydrogen (secondary N) is 1. The molecule has 0 unspecified atom stereocenters. The molecule has 0 bridgehead atoms. The average molecular weight is 256 g/mol. The van der Waals surface area contributed by atoms with Gasteiger partial charge >= 0.3 is 0 Å². The first-order valence-electron chi connectivity index (χ1n) is 6.35. The van der Waals surface area contributed by atoms with Crippen molar-refractivity contribution in [2.75, 3.05) is 18.5 Å². The number of fused-ring (bicyclic) bond motifs is 1. The van der Waals surface area contributed by atoms with E-state index in [1.807, 2.05) is 12.3 Å². The second-order valence-electron chi connectivity index (χ2n) is 4.72. The Bertz CT molecular complexity index is 661. The molecule has 0 aliphatic carbocycles. The molecule has 4 heteroatoms. The number of pyridine rings is 1. The lowest BCUT2D eigenvalue weighted by atomic mass is 10.0. The molecule has 1 aliphatic rings. The fraction of sp³-hybridized carbons (Fsp3) is 0.267. The van der Waals surface area contributed by atoms with Crippen molar-refractivity contribution < 1.29 is 4.74 Å². The largest absolute Gasteiger partial charge is 0.382 e. The van der Waals surface area contributed by atoms with Crippen LogP contribution in [0.15, 0.2) is 41.3 Å². The van der Waals surface area contributed by atoms with Crippen LogP contribution in [0, 0.1) is 0 Å². The number of hydrogen-bond acceptors (Lipinski definition) is 3. The molecule has 1 aromatic heterocycles. The summed E-state index contributed by atoms with van der Waals surface area (Å²) in [5.74, 6) is 0. The minimum absolute atomic E-state index is 0.00466. The number of benzene rings is 1. The van der Waals surface area contributed by atoms with Gasteiger partial charge in [0, 0.05) is 37.1 Å². The van der Waals surface area contributed by atoms with Crippen LogP contribution in [0.5, 0.6) is 0 Å².